The van der Waals surface area contributed by atoms with Gasteiger partial charge in [0.1, 0.15) is 5.75 Å². The molecular weight excluding hydrogens is 226 g/mol. The molecule has 0 unspecified atom stereocenters. The molecule has 3 nitrogen and oxygen atoms in total. The highest BCUT2D eigenvalue weighted by Gasteiger charge is 2.30. The smallest absolute Gasteiger partial charge is 0.251 e. The van der Waals surface area contributed by atoms with Crippen LogP contribution in [0.4, 0.5) is 0 Å². The molecule has 1 N–H and O–H groups in total. The van der Waals surface area contributed by atoms with Gasteiger partial charge in [0.2, 0.25) is 0 Å². The van der Waals surface area contributed by atoms with Crippen molar-refractivity contribution in [3.8, 4) is 5.75 Å². The van der Waals surface area contributed by atoms with E-state index >= 15 is 0 Å². The van der Waals surface area contributed by atoms with E-state index in [9.17, 15) is 4.79 Å². The largest absolute Gasteiger partial charge is 0.490 e. The highest BCUT2D eigenvalue weighted by Crippen LogP contribution is 2.37. The Labute approximate surface area is 109 Å². The molecular formula is C15H21NO2. The summed E-state index contributed by atoms with van der Waals surface area (Å²) in [4.78, 5) is 12.0. The van der Waals surface area contributed by atoms with Crippen molar-refractivity contribution in [3.05, 3.63) is 29.3 Å². The first kappa shape index (κ1) is 12.9. The average Bonchev–Trinajstić information content (AvgIpc) is 3.10. The molecule has 0 saturated heterocycles. The van der Waals surface area contributed by atoms with Gasteiger partial charge in [0.05, 0.1) is 6.10 Å². The molecule has 0 radical (unpaired) electrons. The van der Waals surface area contributed by atoms with Crippen LogP contribution in [-0.2, 0) is 5.41 Å². The quantitative estimate of drug-likeness (QED) is 0.892. The second-order valence-corrected chi connectivity index (χ2v) is 5.83. The number of rotatable bonds is 3. The normalized spacial score (nSPS) is 15.3. The number of hydrogen-bond donors (Lipinski definition) is 1. The first-order chi connectivity index (χ1) is 8.43. The molecule has 98 valence electrons. The van der Waals surface area contributed by atoms with Gasteiger partial charge in [-0.1, -0.05) is 26.8 Å². The standard InChI is InChI=1S/C15H21NO2/c1-15(2,3)13-11(14(17)16-4)6-5-7-12(13)18-10-8-9-10/h5-7,10H,8-9H2,1-4H3,(H,16,17). The fourth-order valence-electron chi connectivity index (χ4n) is 2.09. The van der Waals surface area contributed by atoms with Crippen LogP contribution in [0.2, 0.25) is 0 Å². The Balaban J connectivity index is 2.48. The van der Waals surface area contributed by atoms with Crippen molar-refractivity contribution in [2.24, 2.45) is 0 Å². The van der Waals surface area contributed by atoms with Gasteiger partial charge in [0, 0.05) is 18.2 Å². The average molecular weight is 247 g/mol. The molecule has 1 amide bonds. The van der Waals surface area contributed by atoms with E-state index in [-0.39, 0.29) is 11.3 Å². The lowest BCUT2D eigenvalue weighted by Crippen LogP contribution is -2.25. The molecule has 18 heavy (non-hydrogen) atoms. The maximum atomic E-state index is 12.0. The Morgan fingerprint density at radius 3 is 2.50 bits per heavy atom. The number of amides is 1. The molecule has 0 aliphatic heterocycles. The second-order valence-electron chi connectivity index (χ2n) is 5.83. The molecule has 1 aliphatic carbocycles. The highest BCUT2D eigenvalue weighted by atomic mass is 16.5. The molecule has 0 atom stereocenters. The van der Waals surface area contributed by atoms with Crippen LogP contribution in [0.3, 0.4) is 0 Å². The van der Waals surface area contributed by atoms with Crippen LogP contribution < -0.4 is 10.1 Å². The molecule has 1 aromatic carbocycles. The van der Waals surface area contributed by atoms with Gasteiger partial charge in [-0.05, 0) is 30.4 Å². The maximum Gasteiger partial charge on any atom is 0.251 e. The molecule has 0 heterocycles. The van der Waals surface area contributed by atoms with Gasteiger partial charge in [0.25, 0.3) is 5.91 Å². The number of carbonyl (C=O) groups excluding carboxylic acids is 1. The predicted octanol–water partition coefficient (Wildman–Crippen LogP) is 2.88. The summed E-state index contributed by atoms with van der Waals surface area (Å²) < 4.78 is 5.94. The van der Waals surface area contributed by atoms with Gasteiger partial charge < -0.3 is 10.1 Å². The number of carbonyl (C=O) groups is 1. The van der Waals surface area contributed by atoms with Crippen LogP contribution >= 0.6 is 0 Å². The molecule has 0 spiro atoms. The van der Waals surface area contributed by atoms with Crippen molar-refractivity contribution in [2.75, 3.05) is 7.05 Å². The van der Waals surface area contributed by atoms with Crippen molar-refractivity contribution in [2.45, 2.75) is 45.1 Å². The topological polar surface area (TPSA) is 38.3 Å². The van der Waals surface area contributed by atoms with E-state index in [1.165, 1.54) is 0 Å². The SMILES string of the molecule is CNC(=O)c1cccc(OC2CC2)c1C(C)(C)C. The fraction of sp³-hybridized carbons (Fsp3) is 0.533. The summed E-state index contributed by atoms with van der Waals surface area (Å²) in [6.45, 7) is 6.32. The van der Waals surface area contributed by atoms with Gasteiger partial charge >= 0.3 is 0 Å². The molecule has 1 aromatic rings. The summed E-state index contributed by atoms with van der Waals surface area (Å²) in [5.41, 5.74) is 1.59. The Morgan fingerprint density at radius 1 is 1.33 bits per heavy atom. The zero-order chi connectivity index (χ0) is 13.3. The molecule has 3 heteroatoms. The monoisotopic (exact) mass is 247 g/mol. The van der Waals surface area contributed by atoms with E-state index < -0.39 is 0 Å². The van der Waals surface area contributed by atoms with E-state index in [0.29, 0.717) is 11.7 Å². The predicted molar refractivity (Wildman–Crippen MR) is 72.2 cm³/mol. The highest BCUT2D eigenvalue weighted by molar-refractivity contribution is 5.96. The third-order valence-electron chi connectivity index (χ3n) is 3.07. The maximum absolute atomic E-state index is 12.0. The summed E-state index contributed by atoms with van der Waals surface area (Å²) in [7, 11) is 1.66. The lowest BCUT2D eigenvalue weighted by Gasteiger charge is -2.25. The summed E-state index contributed by atoms with van der Waals surface area (Å²) in [6.07, 6.45) is 2.58. The van der Waals surface area contributed by atoms with E-state index in [0.717, 1.165) is 24.2 Å². The molecule has 1 aliphatic rings. The van der Waals surface area contributed by atoms with Gasteiger partial charge in [-0.3, -0.25) is 4.79 Å². The number of hydrogen-bond acceptors (Lipinski definition) is 2. The van der Waals surface area contributed by atoms with E-state index in [4.69, 9.17) is 4.74 Å². The lowest BCUT2D eigenvalue weighted by molar-refractivity contribution is 0.0960. The molecule has 2 rings (SSSR count). The van der Waals surface area contributed by atoms with E-state index in [1.807, 2.05) is 18.2 Å². The van der Waals surface area contributed by atoms with E-state index in [2.05, 4.69) is 26.1 Å². The first-order valence-corrected chi connectivity index (χ1v) is 6.45. The summed E-state index contributed by atoms with van der Waals surface area (Å²) in [5.74, 6) is 0.798. The van der Waals surface area contributed by atoms with Crippen LogP contribution in [-0.4, -0.2) is 19.1 Å². The minimum absolute atomic E-state index is 0.0545. The van der Waals surface area contributed by atoms with Gasteiger partial charge in [-0.2, -0.15) is 0 Å². The summed E-state index contributed by atoms with van der Waals surface area (Å²) >= 11 is 0. The van der Waals surface area contributed by atoms with E-state index in [1.54, 1.807) is 7.05 Å². The minimum Gasteiger partial charge on any atom is -0.490 e. The van der Waals surface area contributed by atoms with Gasteiger partial charge in [-0.25, -0.2) is 0 Å². The Kier molecular flexibility index (Phi) is 3.33. The number of nitrogens with one attached hydrogen (secondary N) is 1. The zero-order valence-electron chi connectivity index (χ0n) is 11.5. The Hall–Kier alpha value is -1.51. The fourth-order valence-corrected chi connectivity index (χ4v) is 2.09. The first-order valence-electron chi connectivity index (χ1n) is 6.45. The van der Waals surface area contributed by atoms with Crippen molar-refractivity contribution in [1.82, 2.24) is 5.32 Å². The summed E-state index contributed by atoms with van der Waals surface area (Å²) in [5, 5.41) is 2.70. The van der Waals surface area contributed by atoms with Crippen LogP contribution in [0.25, 0.3) is 0 Å². The van der Waals surface area contributed by atoms with Crippen LogP contribution in [0.1, 0.15) is 49.5 Å². The van der Waals surface area contributed by atoms with Crippen molar-refractivity contribution in [3.63, 3.8) is 0 Å². The zero-order valence-corrected chi connectivity index (χ0v) is 11.5. The van der Waals surface area contributed by atoms with Gasteiger partial charge in [0.15, 0.2) is 0 Å². The number of ether oxygens (including phenoxy) is 1. The minimum atomic E-state index is -0.118. The molecule has 1 saturated carbocycles. The van der Waals surface area contributed by atoms with Crippen molar-refractivity contribution in [1.29, 1.82) is 0 Å². The van der Waals surface area contributed by atoms with Crippen molar-refractivity contribution < 1.29 is 9.53 Å². The van der Waals surface area contributed by atoms with Crippen LogP contribution in [0, 0.1) is 0 Å². The summed E-state index contributed by atoms with van der Waals surface area (Å²) in [6, 6.07) is 5.71. The molecule has 0 aromatic heterocycles. The lowest BCUT2D eigenvalue weighted by atomic mass is 9.82. The second kappa shape index (κ2) is 4.63. The van der Waals surface area contributed by atoms with Gasteiger partial charge in [-0.15, -0.1) is 0 Å². The number of benzene rings is 1. The third-order valence-corrected chi connectivity index (χ3v) is 3.07. The van der Waals surface area contributed by atoms with Crippen LogP contribution in [0.5, 0.6) is 5.75 Å². The Morgan fingerprint density at radius 2 is 2.00 bits per heavy atom. The molecule has 0 bridgehead atoms. The Bertz CT molecular complexity index is 456. The third kappa shape index (κ3) is 2.66. The molecule has 1 fully saturated rings. The van der Waals surface area contributed by atoms with Crippen molar-refractivity contribution >= 4 is 5.91 Å². The van der Waals surface area contributed by atoms with Crippen LogP contribution in [0.15, 0.2) is 18.2 Å².